The predicted molar refractivity (Wildman–Crippen MR) is 135 cm³/mol. The first-order valence-electron chi connectivity index (χ1n) is 10.3. The van der Waals surface area contributed by atoms with E-state index in [2.05, 4.69) is 29.0 Å². The quantitative estimate of drug-likeness (QED) is 0.306. The number of methoxy groups -OCH3 is 3. The van der Waals surface area contributed by atoms with Gasteiger partial charge in [-0.3, -0.25) is 4.99 Å². The van der Waals surface area contributed by atoms with Gasteiger partial charge in [-0.15, -0.1) is 22.7 Å². The van der Waals surface area contributed by atoms with E-state index in [1.165, 1.54) is 0 Å². The number of ether oxygens (including phenoxy) is 3. The fourth-order valence-electron chi connectivity index (χ4n) is 3.34. The second-order valence-electron chi connectivity index (χ2n) is 7.09. The van der Waals surface area contributed by atoms with Gasteiger partial charge in [-0.05, 0) is 36.1 Å². The van der Waals surface area contributed by atoms with Gasteiger partial charge in [0.1, 0.15) is 0 Å². The Bertz CT molecular complexity index is 1280. The molecule has 0 unspecified atom stereocenters. The highest BCUT2D eigenvalue weighted by Gasteiger charge is 2.15. The van der Waals surface area contributed by atoms with Crippen LogP contribution in [0.1, 0.15) is 18.1 Å². The van der Waals surface area contributed by atoms with Crippen molar-refractivity contribution in [3.63, 3.8) is 0 Å². The highest BCUT2D eigenvalue weighted by Crippen LogP contribution is 2.38. The maximum Gasteiger partial charge on any atom is 0.206 e. The number of benzene rings is 2. The second-order valence-corrected chi connectivity index (χ2v) is 8.88. The standard InChI is InChI=1S/C25H25N3O3S2/c1-17(19-13-21(29-2)24(31-4)22(14-19)30-3)27-28-20(23-11-8-12-32-23)16-33-25(28)26-15-18-9-6-5-7-10-18/h5-14,16H,15H2,1-4H3. The molecule has 0 saturated heterocycles. The minimum atomic E-state index is 0.553. The molecular formula is C25H25N3O3S2. The zero-order valence-corrected chi connectivity index (χ0v) is 20.6. The summed E-state index contributed by atoms with van der Waals surface area (Å²) in [4.78, 5) is 6.82. The van der Waals surface area contributed by atoms with E-state index >= 15 is 0 Å². The summed E-state index contributed by atoms with van der Waals surface area (Å²) in [5.41, 5.74) is 3.83. The molecule has 33 heavy (non-hydrogen) atoms. The third-order valence-corrected chi connectivity index (χ3v) is 6.78. The van der Waals surface area contributed by atoms with Gasteiger partial charge in [0.05, 0.1) is 44.2 Å². The monoisotopic (exact) mass is 479 g/mol. The Balaban J connectivity index is 1.81. The highest BCUT2D eigenvalue weighted by molar-refractivity contribution is 7.14. The van der Waals surface area contributed by atoms with Crippen LogP contribution in [0.3, 0.4) is 0 Å². The predicted octanol–water partition coefficient (Wildman–Crippen LogP) is 5.68. The summed E-state index contributed by atoms with van der Waals surface area (Å²) in [5, 5.41) is 9.13. The Kier molecular flexibility index (Phi) is 7.26. The minimum Gasteiger partial charge on any atom is -0.493 e. The molecule has 170 valence electrons. The maximum atomic E-state index is 5.52. The molecule has 8 heteroatoms. The van der Waals surface area contributed by atoms with E-state index in [-0.39, 0.29) is 0 Å². The lowest BCUT2D eigenvalue weighted by Crippen LogP contribution is -2.14. The summed E-state index contributed by atoms with van der Waals surface area (Å²) in [6.45, 7) is 2.55. The molecule has 0 amide bonds. The molecule has 0 N–H and O–H groups in total. The van der Waals surface area contributed by atoms with Crippen LogP contribution in [0.4, 0.5) is 0 Å². The SMILES string of the molecule is COc1cc(C(C)=Nn2c(-c3cccs3)csc2=NCc2ccccc2)cc(OC)c1OC. The van der Waals surface area contributed by atoms with Crippen molar-refractivity contribution in [3.05, 3.63) is 81.3 Å². The second kappa shape index (κ2) is 10.5. The average Bonchev–Trinajstić information content (AvgIpc) is 3.52. The largest absolute Gasteiger partial charge is 0.493 e. The van der Waals surface area contributed by atoms with Crippen molar-refractivity contribution in [2.24, 2.45) is 10.1 Å². The third kappa shape index (κ3) is 5.02. The molecule has 0 bridgehead atoms. The van der Waals surface area contributed by atoms with Gasteiger partial charge in [0.2, 0.25) is 10.6 Å². The van der Waals surface area contributed by atoms with Gasteiger partial charge in [0.15, 0.2) is 11.5 Å². The van der Waals surface area contributed by atoms with Gasteiger partial charge in [-0.25, -0.2) is 4.68 Å². The molecule has 0 aliphatic rings. The summed E-state index contributed by atoms with van der Waals surface area (Å²) < 4.78 is 18.4. The lowest BCUT2D eigenvalue weighted by molar-refractivity contribution is 0.324. The maximum absolute atomic E-state index is 5.52. The molecule has 0 aliphatic carbocycles. The number of hydrogen-bond acceptors (Lipinski definition) is 7. The van der Waals surface area contributed by atoms with Crippen molar-refractivity contribution in [2.45, 2.75) is 13.5 Å². The first kappa shape index (κ1) is 22.8. The minimum absolute atomic E-state index is 0.553. The van der Waals surface area contributed by atoms with Crippen LogP contribution in [0.2, 0.25) is 0 Å². The lowest BCUT2D eigenvalue weighted by Gasteiger charge is -2.14. The van der Waals surface area contributed by atoms with Crippen molar-refractivity contribution in [1.82, 2.24) is 4.68 Å². The first-order chi connectivity index (χ1) is 16.1. The van der Waals surface area contributed by atoms with Crippen LogP contribution < -0.4 is 19.0 Å². The van der Waals surface area contributed by atoms with Crippen LogP contribution >= 0.6 is 22.7 Å². The summed E-state index contributed by atoms with van der Waals surface area (Å²) in [6.07, 6.45) is 0. The smallest absolute Gasteiger partial charge is 0.206 e. The fraction of sp³-hybridized carbons (Fsp3) is 0.200. The van der Waals surface area contributed by atoms with Crippen molar-refractivity contribution in [2.75, 3.05) is 21.3 Å². The summed E-state index contributed by atoms with van der Waals surface area (Å²) in [6, 6.07) is 18.1. The molecule has 4 aromatic rings. The molecule has 0 fully saturated rings. The Morgan fingerprint density at radius 1 is 0.909 bits per heavy atom. The van der Waals surface area contributed by atoms with Crippen molar-refractivity contribution in [1.29, 1.82) is 0 Å². The van der Waals surface area contributed by atoms with Gasteiger partial charge in [0, 0.05) is 10.9 Å². The molecule has 6 nitrogen and oxygen atoms in total. The molecule has 0 radical (unpaired) electrons. The number of thiophene rings is 1. The highest BCUT2D eigenvalue weighted by atomic mass is 32.1. The molecule has 0 spiro atoms. The van der Waals surface area contributed by atoms with Crippen molar-refractivity contribution < 1.29 is 14.2 Å². The summed E-state index contributed by atoms with van der Waals surface area (Å²) in [7, 11) is 4.81. The van der Waals surface area contributed by atoms with Gasteiger partial charge in [0.25, 0.3) is 0 Å². The molecule has 0 aliphatic heterocycles. The molecule has 0 atom stereocenters. The van der Waals surface area contributed by atoms with Gasteiger partial charge >= 0.3 is 0 Å². The fourth-order valence-corrected chi connectivity index (χ4v) is 4.96. The number of hydrogen-bond donors (Lipinski definition) is 0. The normalized spacial score (nSPS) is 12.1. The molecule has 2 aromatic heterocycles. The molecule has 2 aromatic carbocycles. The van der Waals surface area contributed by atoms with E-state index < -0.39 is 0 Å². The van der Waals surface area contributed by atoms with E-state index in [9.17, 15) is 0 Å². The zero-order chi connectivity index (χ0) is 23.2. The molecular weight excluding hydrogens is 454 g/mol. The van der Waals surface area contributed by atoms with E-state index in [4.69, 9.17) is 24.3 Å². The van der Waals surface area contributed by atoms with E-state index in [1.54, 1.807) is 44.0 Å². The van der Waals surface area contributed by atoms with Crippen molar-refractivity contribution >= 4 is 28.4 Å². The van der Waals surface area contributed by atoms with Crippen LogP contribution in [0.25, 0.3) is 10.6 Å². The first-order valence-corrected chi connectivity index (χ1v) is 12.0. The average molecular weight is 480 g/mol. The van der Waals surface area contributed by atoms with Gasteiger partial charge in [-0.1, -0.05) is 36.4 Å². The number of rotatable bonds is 8. The van der Waals surface area contributed by atoms with E-state index in [1.807, 2.05) is 48.0 Å². The van der Waals surface area contributed by atoms with Crippen LogP contribution in [-0.4, -0.2) is 31.7 Å². The van der Waals surface area contributed by atoms with Crippen LogP contribution in [0.15, 0.2) is 75.5 Å². The molecule has 4 rings (SSSR count). The van der Waals surface area contributed by atoms with Crippen molar-refractivity contribution in [3.8, 4) is 27.8 Å². The Morgan fingerprint density at radius 2 is 1.64 bits per heavy atom. The molecule has 0 saturated carbocycles. The Morgan fingerprint density at radius 3 is 2.24 bits per heavy atom. The lowest BCUT2D eigenvalue weighted by atomic mass is 10.1. The van der Waals surface area contributed by atoms with Gasteiger partial charge < -0.3 is 14.2 Å². The van der Waals surface area contributed by atoms with Crippen LogP contribution in [0, 0.1) is 0 Å². The number of thiazole rings is 1. The Labute approximate surface area is 201 Å². The summed E-state index contributed by atoms with van der Waals surface area (Å²) in [5.74, 6) is 1.73. The van der Waals surface area contributed by atoms with E-state index in [0.717, 1.165) is 32.2 Å². The van der Waals surface area contributed by atoms with Crippen LogP contribution in [-0.2, 0) is 6.54 Å². The zero-order valence-electron chi connectivity index (χ0n) is 18.9. The number of aromatic nitrogens is 1. The summed E-state index contributed by atoms with van der Waals surface area (Å²) >= 11 is 3.26. The number of nitrogens with zero attached hydrogens (tertiary/aromatic N) is 3. The Hall–Kier alpha value is -3.36. The topological polar surface area (TPSA) is 57.3 Å². The molecule has 2 heterocycles. The van der Waals surface area contributed by atoms with E-state index in [0.29, 0.717) is 23.8 Å². The van der Waals surface area contributed by atoms with Gasteiger partial charge in [-0.2, -0.15) is 5.10 Å². The van der Waals surface area contributed by atoms with Crippen LogP contribution in [0.5, 0.6) is 17.2 Å². The third-order valence-electron chi connectivity index (χ3n) is 5.03.